The van der Waals surface area contributed by atoms with Gasteiger partial charge in [-0.15, -0.1) is 0 Å². The van der Waals surface area contributed by atoms with Crippen LogP contribution >= 0.6 is 11.6 Å². The molecular formula is C19H21ClN2O2. The Morgan fingerprint density at radius 1 is 1.25 bits per heavy atom. The first kappa shape index (κ1) is 16.8. The number of hydrogen-bond donors (Lipinski definition) is 1. The fraction of sp³-hybridized carbons (Fsp3) is 0.368. The average molecular weight is 345 g/mol. The first-order valence-corrected chi connectivity index (χ1v) is 8.46. The second kappa shape index (κ2) is 6.44. The normalized spacial score (nSPS) is 14.3. The van der Waals surface area contributed by atoms with Crippen molar-refractivity contribution >= 4 is 23.4 Å². The Morgan fingerprint density at radius 3 is 2.58 bits per heavy atom. The van der Waals surface area contributed by atoms with Crippen molar-refractivity contribution in [3.63, 3.8) is 0 Å². The van der Waals surface area contributed by atoms with Crippen molar-refractivity contribution in [2.24, 2.45) is 0 Å². The van der Waals surface area contributed by atoms with Gasteiger partial charge < -0.3 is 4.74 Å². The molecule has 1 aromatic carbocycles. The lowest BCUT2D eigenvalue weighted by Gasteiger charge is -2.21. The summed E-state index contributed by atoms with van der Waals surface area (Å²) in [5.74, 6) is 0.490. The number of benzene rings is 1. The zero-order chi connectivity index (χ0) is 17.3. The molecule has 2 aromatic rings. The molecule has 4 nitrogen and oxygen atoms in total. The number of hydrogen-bond acceptors (Lipinski definition) is 3. The summed E-state index contributed by atoms with van der Waals surface area (Å²) in [5, 5.41) is 3.47. The van der Waals surface area contributed by atoms with Gasteiger partial charge in [-0.25, -0.2) is 4.79 Å². The van der Waals surface area contributed by atoms with Crippen molar-refractivity contribution in [1.82, 2.24) is 4.98 Å². The minimum Gasteiger partial charge on any atom is -0.444 e. The van der Waals surface area contributed by atoms with E-state index in [-0.39, 0.29) is 0 Å². The minimum absolute atomic E-state index is 0.483. The lowest BCUT2D eigenvalue weighted by Crippen LogP contribution is -2.27. The maximum absolute atomic E-state index is 12.2. The van der Waals surface area contributed by atoms with Gasteiger partial charge in [0.2, 0.25) is 0 Å². The Kier molecular flexibility index (Phi) is 4.50. The Hall–Kier alpha value is -2.07. The van der Waals surface area contributed by atoms with Crippen molar-refractivity contribution in [2.75, 3.05) is 5.32 Å². The van der Waals surface area contributed by atoms with Crippen LogP contribution in [-0.4, -0.2) is 16.7 Å². The van der Waals surface area contributed by atoms with Gasteiger partial charge in [-0.2, -0.15) is 0 Å². The summed E-state index contributed by atoms with van der Waals surface area (Å²) in [6.45, 7) is 5.51. The maximum Gasteiger partial charge on any atom is 0.412 e. The largest absolute Gasteiger partial charge is 0.444 e. The fourth-order valence-corrected chi connectivity index (χ4v) is 2.72. The molecule has 0 aliphatic heterocycles. The molecule has 1 saturated carbocycles. The van der Waals surface area contributed by atoms with Crippen molar-refractivity contribution in [2.45, 2.75) is 45.1 Å². The number of ether oxygens (including phenoxy) is 1. The van der Waals surface area contributed by atoms with Crippen molar-refractivity contribution in [3.05, 3.63) is 47.2 Å². The number of nitrogens with one attached hydrogen (secondary N) is 1. The third-order valence-electron chi connectivity index (χ3n) is 3.72. The first-order valence-electron chi connectivity index (χ1n) is 8.08. The molecule has 1 amide bonds. The molecule has 1 heterocycles. The monoisotopic (exact) mass is 344 g/mol. The van der Waals surface area contributed by atoms with E-state index in [2.05, 4.69) is 10.3 Å². The Balaban J connectivity index is 1.96. The summed E-state index contributed by atoms with van der Waals surface area (Å²) in [6.07, 6.45) is 3.58. The summed E-state index contributed by atoms with van der Waals surface area (Å²) in [4.78, 5) is 16.8. The van der Waals surface area contributed by atoms with Gasteiger partial charge in [0.05, 0.1) is 5.69 Å². The van der Waals surface area contributed by atoms with Crippen LogP contribution in [0.4, 0.5) is 10.5 Å². The van der Waals surface area contributed by atoms with Gasteiger partial charge in [0, 0.05) is 34.0 Å². The van der Waals surface area contributed by atoms with Gasteiger partial charge in [0.25, 0.3) is 0 Å². The average Bonchev–Trinajstić information content (AvgIpc) is 3.30. The van der Waals surface area contributed by atoms with E-state index in [1.165, 1.54) is 0 Å². The fourth-order valence-electron chi connectivity index (χ4n) is 2.49. The molecule has 1 fully saturated rings. The van der Waals surface area contributed by atoms with Crippen LogP contribution in [0.5, 0.6) is 0 Å². The zero-order valence-corrected chi connectivity index (χ0v) is 14.9. The van der Waals surface area contributed by atoms with Crippen molar-refractivity contribution < 1.29 is 9.53 Å². The molecule has 1 aromatic heterocycles. The lowest BCUT2D eigenvalue weighted by molar-refractivity contribution is 0.0636. The first-order chi connectivity index (χ1) is 11.3. The molecular weight excluding hydrogens is 324 g/mol. The second-order valence-electron chi connectivity index (χ2n) is 7.04. The van der Waals surface area contributed by atoms with E-state index in [1.807, 2.05) is 51.1 Å². The van der Waals surface area contributed by atoms with Crippen LogP contribution in [0.1, 0.15) is 45.2 Å². The third-order valence-corrected chi connectivity index (χ3v) is 4.05. The van der Waals surface area contributed by atoms with Crippen LogP contribution in [0.25, 0.3) is 11.1 Å². The quantitative estimate of drug-likeness (QED) is 0.785. The predicted octanol–water partition coefficient (Wildman–Crippen LogP) is 5.63. The van der Waals surface area contributed by atoms with Gasteiger partial charge in [-0.1, -0.05) is 29.8 Å². The summed E-state index contributed by atoms with van der Waals surface area (Å²) in [6, 6.07) is 9.45. The number of rotatable bonds is 3. The Bertz CT molecular complexity index is 764. The summed E-state index contributed by atoms with van der Waals surface area (Å²) in [7, 11) is 0. The van der Waals surface area contributed by atoms with E-state index in [1.54, 1.807) is 6.20 Å². The van der Waals surface area contributed by atoms with Gasteiger partial charge in [-0.3, -0.25) is 10.3 Å². The van der Waals surface area contributed by atoms with E-state index < -0.39 is 11.7 Å². The molecule has 0 bridgehead atoms. The van der Waals surface area contributed by atoms with Crippen LogP contribution in [0, 0.1) is 0 Å². The topological polar surface area (TPSA) is 51.2 Å². The molecule has 0 atom stereocenters. The molecule has 1 aliphatic rings. The third kappa shape index (κ3) is 4.06. The van der Waals surface area contributed by atoms with Crippen LogP contribution in [0.15, 0.2) is 36.5 Å². The standard InChI is InChI=1S/C19H21ClN2O2/c1-19(2,3)24-18(23)22-17-10-16(12-8-9-12)21-11-14(17)13-6-4-5-7-15(13)20/h4-7,10-12H,8-9H2,1-3H3,(H,21,22,23). The van der Waals surface area contributed by atoms with E-state index in [0.29, 0.717) is 16.6 Å². The molecule has 1 N–H and O–H groups in total. The number of pyridine rings is 1. The highest BCUT2D eigenvalue weighted by molar-refractivity contribution is 6.33. The number of aromatic nitrogens is 1. The summed E-state index contributed by atoms with van der Waals surface area (Å²) < 4.78 is 5.38. The van der Waals surface area contributed by atoms with Gasteiger partial charge in [-0.05, 0) is 45.7 Å². The smallest absolute Gasteiger partial charge is 0.412 e. The molecule has 126 valence electrons. The number of carbonyl (C=O) groups is 1. The predicted molar refractivity (Wildman–Crippen MR) is 96.5 cm³/mol. The van der Waals surface area contributed by atoms with Gasteiger partial charge >= 0.3 is 6.09 Å². The van der Waals surface area contributed by atoms with E-state index >= 15 is 0 Å². The van der Waals surface area contributed by atoms with Crippen LogP contribution in [0.2, 0.25) is 5.02 Å². The molecule has 5 heteroatoms. The highest BCUT2D eigenvalue weighted by atomic mass is 35.5. The minimum atomic E-state index is -0.555. The zero-order valence-electron chi connectivity index (χ0n) is 14.1. The van der Waals surface area contributed by atoms with Gasteiger partial charge in [0.15, 0.2) is 0 Å². The van der Waals surface area contributed by atoms with Crippen LogP contribution in [0.3, 0.4) is 0 Å². The molecule has 0 unspecified atom stereocenters. The molecule has 3 rings (SSSR count). The number of halogens is 1. The molecule has 0 saturated heterocycles. The second-order valence-corrected chi connectivity index (χ2v) is 7.44. The SMILES string of the molecule is CC(C)(C)OC(=O)Nc1cc(C2CC2)ncc1-c1ccccc1Cl. The number of carbonyl (C=O) groups excluding carboxylic acids is 1. The highest BCUT2D eigenvalue weighted by Crippen LogP contribution is 2.42. The summed E-state index contributed by atoms with van der Waals surface area (Å²) in [5.41, 5.74) is 2.74. The van der Waals surface area contributed by atoms with Gasteiger partial charge in [0.1, 0.15) is 5.60 Å². The number of amides is 1. The lowest BCUT2D eigenvalue weighted by atomic mass is 10.0. The molecule has 1 aliphatic carbocycles. The molecule has 24 heavy (non-hydrogen) atoms. The maximum atomic E-state index is 12.2. The van der Waals surface area contributed by atoms with E-state index in [9.17, 15) is 4.79 Å². The van der Waals surface area contributed by atoms with E-state index in [4.69, 9.17) is 16.3 Å². The Labute approximate surface area is 147 Å². The summed E-state index contributed by atoms with van der Waals surface area (Å²) >= 11 is 6.32. The van der Waals surface area contributed by atoms with Crippen molar-refractivity contribution in [3.8, 4) is 11.1 Å². The van der Waals surface area contributed by atoms with Crippen molar-refractivity contribution in [1.29, 1.82) is 0 Å². The molecule has 0 radical (unpaired) electrons. The van der Waals surface area contributed by atoms with Crippen LogP contribution in [-0.2, 0) is 4.74 Å². The Morgan fingerprint density at radius 2 is 1.96 bits per heavy atom. The number of anilines is 1. The number of nitrogens with zero attached hydrogens (tertiary/aromatic N) is 1. The van der Waals surface area contributed by atoms with Crippen LogP contribution < -0.4 is 5.32 Å². The molecule has 0 spiro atoms. The highest BCUT2D eigenvalue weighted by Gasteiger charge is 2.26. The van der Waals surface area contributed by atoms with E-state index in [0.717, 1.165) is 29.7 Å².